The molecule has 0 saturated carbocycles. The topological polar surface area (TPSA) is 103 Å². The maximum atomic E-state index is 11.8. The molecule has 0 spiro atoms. The minimum atomic E-state index is -0.333. The fourth-order valence-corrected chi connectivity index (χ4v) is 4.52. The fourth-order valence-electron chi connectivity index (χ4n) is 4.52. The molecule has 0 heterocycles. The van der Waals surface area contributed by atoms with Crippen LogP contribution in [0.2, 0.25) is 0 Å². The summed E-state index contributed by atoms with van der Waals surface area (Å²) in [5, 5.41) is 13.3. The molecule has 0 aliphatic carbocycles. The zero-order valence-corrected chi connectivity index (χ0v) is 24.4. The molecule has 39 heavy (non-hydrogen) atoms. The Morgan fingerprint density at radius 1 is 0.795 bits per heavy atom. The van der Waals surface area contributed by atoms with E-state index in [1.165, 1.54) is 90.0 Å². The van der Waals surface area contributed by atoms with Crippen LogP contribution in [-0.4, -0.2) is 24.2 Å². The highest BCUT2D eigenvalue weighted by Crippen LogP contribution is 2.50. The van der Waals surface area contributed by atoms with Crippen molar-refractivity contribution in [2.45, 2.75) is 111 Å². The van der Waals surface area contributed by atoms with Crippen molar-refractivity contribution in [2.24, 2.45) is 0 Å². The average Bonchev–Trinajstić information content (AvgIpc) is 2.91. The van der Waals surface area contributed by atoms with Crippen LogP contribution in [0.1, 0.15) is 111 Å². The van der Waals surface area contributed by atoms with E-state index in [1.54, 1.807) is 24.3 Å². The monoisotopic (exact) mass is 542 g/mol. The largest absolute Gasteiger partial charge is 0.505 e. The standard InChI is InChI=1S/C32H50N2O5/c1-4-6-7-8-9-10-11-12-13-14-15-16-17-18-23-38-29-24-28(36)30(34-25(3)35)32(37-5-2)31(29)39-27-21-19-26(33)20-22-27/h19-22,24,36H,4-18,23,33H2,1-3H3,(H,34,35). The first kappa shape index (κ1) is 32.1. The van der Waals surface area contributed by atoms with Gasteiger partial charge in [0.15, 0.2) is 11.5 Å². The van der Waals surface area contributed by atoms with Crippen LogP contribution in [0.5, 0.6) is 28.7 Å². The van der Waals surface area contributed by atoms with E-state index in [-0.39, 0.29) is 23.1 Å². The number of carbonyl (C=O) groups is 1. The van der Waals surface area contributed by atoms with Crippen molar-refractivity contribution in [1.29, 1.82) is 0 Å². The Kier molecular flexibility index (Phi) is 15.7. The van der Waals surface area contributed by atoms with Crippen LogP contribution in [0.15, 0.2) is 30.3 Å². The van der Waals surface area contributed by atoms with Gasteiger partial charge in [0, 0.05) is 18.7 Å². The second-order valence-corrected chi connectivity index (χ2v) is 10.2. The number of unbranched alkanes of at least 4 members (excludes halogenated alkanes) is 13. The van der Waals surface area contributed by atoms with E-state index in [0.717, 1.165) is 12.8 Å². The molecule has 0 unspecified atom stereocenters. The normalized spacial score (nSPS) is 10.8. The highest BCUT2D eigenvalue weighted by molar-refractivity contribution is 5.94. The summed E-state index contributed by atoms with van der Waals surface area (Å²) in [6.45, 7) is 6.26. The summed E-state index contributed by atoms with van der Waals surface area (Å²) < 4.78 is 18.0. The molecule has 4 N–H and O–H groups in total. The number of nitrogens with two attached hydrogens (primary N) is 1. The lowest BCUT2D eigenvalue weighted by Crippen LogP contribution is -2.10. The first-order valence-electron chi connectivity index (χ1n) is 14.9. The Morgan fingerprint density at radius 3 is 1.85 bits per heavy atom. The molecule has 2 aromatic carbocycles. The number of amides is 1. The van der Waals surface area contributed by atoms with Gasteiger partial charge in [0.25, 0.3) is 0 Å². The number of phenols is 1. The molecule has 0 aromatic heterocycles. The third kappa shape index (κ3) is 12.5. The Balaban J connectivity index is 1.85. The molecule has 0 aliphatic rings. The Hall–Kier alpha value is -3.09. The molecule has 0 saturated heterocycles. The smallest absolute Gasteiger partial charge is 0.221 e. The van der Waals surface area contributed by atoms with Gasteiger partial charge in [-0.3, -0.25) is 4.79 Å². The van der Waals surface area contributed by atoms with Crippen molar-refractivity contribution in [3.63, 3.8) is 0 Å². The summed E-state index contributed by atoms with van der Waals surface area (Å²) in [6, 6.07) is 8.42. The molecular formula is C32H50N2O5. The van der Waals surface area contributed by atoms with E-state index in [1.807, 2.05) is 6.92 Å². The maximum absolute atomic E-state index is 11.8. The SMILES string of the molecule is CCCCCCCCCCCCCCCCOc1cc(O)c(NC(C)=O)c(OCC)c1Oc1ccc(N)cc1. The first-order chi connectivity index (χ1) is 19.0. The van der Waals surface area contributed by atoms with Crippen LogP contribution in [0.3, 0.4) is 0 Å². The van der Waals surface area contributed by atoms with Gasteiger partial charge in [-0.1, -0.05) is 90.4 Å². The van der Waals surface area contributed by atoms with Crippen molar-refractivity contribution in [3.05, 3.63) is 30.3 Å². The molecule has 7 nitrogen and oxygen atoms in total. The number of hydrogen-bond acceptors (Lipinski definition) is 6. The Bertz CT molecular complexity index is 962. The molecule has 0 atom stereocenters. The third-order valence-corrected chi connectivity index (χ3v) is 6.63. The molecule has 0 bridgehead atoms. The Labute approximate surface area is 235 Å². The van der Waals surface area contributed by atoms with Crippen LogP contribution in [0, 0.1) is 0 Å². The highest BCUT2D eigenvalue weighted by atomic mass is 16.5. The molecule has 7 heteroatoms. The van der Waals surface area contributed by atoms with Gasteiger partial charge in [-0.25, -0.2) is 0 Å². The van der Waals surface area contributed by atoms with E-state index in [2.05, 4.69) is 12.2 Å². The van der Waals surface area contributed by atoms with Gasteiger partial charge in [0.1, 0.15) is 17.2 Å². The Morgan fingerprint density at radius 2 is 1.33 bits per heavy atom. The number of hydrogen-bond donors (Lipinski definition) is 3. The van der Waals surface area contributed by atoms with Crippen LogP contribution in [0.25, 0.3) is 0 Å². The summed E-state index contributed by atoms with van der Waals surface area (Å²) >= 11 is 0. The third-order valence-electron chi connectivity index (χ3n) is 6.63. The molecule has 2 aromatic rings. The van der Waals surface area contributed by atoms with E-state index < -0.39 is 0 Å². The van der Waals surface area contributed by atoms with E-state index in [4.69, 9.17) is 19.9 Å². The number of ether oxygens (including phenoxy) is 3. The van der Waals surface area contributed by atoms with Gasteiger partial charge in [-0.2, -0.15) is 0 Å². The van der Waals surface area contributed by atoms with Gasteiger partial charge < -0.3 is 30.4 Å². The number of phenolic OH excluding ortho intramolecular Hbond substituents is 1. The van der Waals surface area contributed by atoms with Crippen molar-refractivity contribution in [2.75, 3.05) is 24.3 Å². The lowest BCUT2D eigenvalue weighted by atomic mass is 10.0. The predicted octanol–water partition coefficient (Wildman–Crippen LogP) is 8.98. The van der Waals surface area contributed by atoms with Gasteiger partial charge >= 0.3 is 0 Å². The van der Waals surface area contributed by atoms with E-state index in [0.29, 0.717) is 36.1 Å². The minimum absolute atomic E-state index is 0.144. The lowest BCUT2D eigenvalue weighted by Gasteiger charge is -2.20. The zero-order valence-electron chi connectivity index (χ0n) is 24.4. The fraction of sp³-hybridized carbons (Fsp3) is 0.594. The summed E-state index contributed by atoms with van der Waals surface area (Å²) in [5.74, 6) is 0.937. The van der Waals surface area contributed by atoms with Crippen LogP contribution in [0.4, 0.5) is 11.4 Å². The molecule has 218 valence electrons. The second-order valence-electron chi connectivity index (χ2n) is 10.2. The van der Waals surface area contributed by atoms with E-state index in [9.17, 15) is 9.90 Å². The number of benzene rings is 2. The van der Waals surface area contributed by atoms with Gasteiger partial charge in [-0.15, -0.1) is 0 Å². The number of rotatable bonds is 21. The quantitative estimate of drug-likeness (QED) is 0.0826. The molecule has 0 fully saturated rings. The number of carbonyl (C=O) groups excluding carboxylic acids is 1. The lowest BCUT2D eigenvalue weighted by molar-refractivity contribution is -0.114. The molecule has 1 amide bonds. The number of nitrogens with one attached hydrogen (secondary N) is 1. The molecular weight excluding hydrogens is 492 g/mol. The summed E-state index contributed by atoms with van der Waals surface area (Å²) in [7, 11) is 0. The number of anilines is 2. The molecule has 0 radical (unpaired) electrons. The average molecular weight is 543 g/mol. The summed E-state index contributed by atoms with van der Waals surface area (Å²) in [6.07, 6.45) is 18.1. The van der Waals surface area contributed by atoms with Gasteiger partial charge in [0.2, 0.25) is 11.7 Å². The zero-order chi connectivity index (χ0) is 28.3. The van der Waals surface area contributed by atoms with E-state index >= 15 is 0 Å². The first-order valence-corrected chi connectivity index (χ1v) is 14.9. The van der Waals surface area contributed by atoms with Crippen molar-refractivity contribution in [1.82, 2.24) is 0 Å². The highest BCUT2D eigenvalue weighted by Gasteiger charge is 2.23. The van der Waals surface area contributed by atoms with Crippen LogP contribution >= 0.6 is 0 Å². The predicted molar refractivity (Wildman–Crippen MR) is 160 cm³/mol. The maximum Gasteiger partial charge on any atom is 0.221 e. The summed E-state index contributed by atoms with van der Waals surface area (Å²) in [4.78, 5) is 11.8. The minimum Gasteiger partial charge on any atom is -0.505 e. The van der Waals surface area contributed by atoms with Crippen LogP contribution in [-0.2, 0) is 4.79 Å². The van der Waals surface area contributed by atoms with Crippen molar-refractivity contribution in [3.8, 4) is 28.7 Å². The summed E-state index contributed by atoms with van der Waals surface area (Å²) in [5.41, 5.74) is 6.58. The van der Waals surface area contributed by atoms with Gasteiger partial charge in [-0.05, 0) is 37.6 Å². The van der Waals surface area contributed by atoms with Gasteiger partial charge in [0.05, 0.1) is 13.2 Å². The second kappa shape index (κ2) is 19.0. The number of nitrogen functional groups attached to an aromatic ring is 1. The number of aromatic hydroxyl groups is 1. The molecule has 0 aliphatic heterocycles. The van der Waals surface area contributed by atoms with Crippen LogP contribution < -0.4 is 25.3 Å². The van der Waals surface area contributed by atoms with Crippen molar-refractivity contribution < 1.29 is 24.1 Å². The molecule has 2 rings (SSSR count). The van der Waals surface area contributed by atoms with Crippen molar-refractivity contribution >= 4 is 17.3 Å².